The lowest BCUT2D eigenvalue weighted by Gasteiger charge is -2.21. The first-order valence-electron chi connectivity index (χ1n) is 4.76. The molecule has 1 rings (SSSR count). The SMILES string of the molecule is COc1cc(C)c(N(C)CCO)cc1Cl. The summed E-state index contributed by atoms with van der Waals surface area (Å²) in [7, 11) is 3.51. The number of aliphatic hydroxyl groups excluding tert-OH is 1. The van der Waals surface area contributed by atoms with E-state index in [2.05, 4.69) is 0 Å². The minimum absolute atomic E-state index is 0.125. The van der Waals surface area contributed by atoms with Crippen LogP contribution >= 0.6 is 11.6 Å². The Hall–Kier alpha value is -0.930. The number of halogens is 1. The Morgan fingerprint density at radius 2 is 2.13 bits per heavy atom. The maximum atomic E-state index is 8.86. The summed E-state index contributed by atoms with van der Waals surface area (Å²) in [5.74, 6) is 0.676. The maximum absolute atomic E-state index is 8.86. The van der Waals surface area contributed by atoms with Gasteiger partial charge in [0.25, 0.3) is 0 Å². The first-order chi connectivity index (χ1) is 7.10. The summed E-state index contributed by atoms with van der Waals surface area (Å²) >= 11 is 6.03. The van der Waals surface area contributed by atoms with Crippen LogP contribution in [0.1, 0.15) is 5.56 Å². The predicted octanol–water partition coefficient (Wildman–Crippen LogP) is 2.09. The van der Waals surface area contributed by atoms with Gasteiger partial charge in [0.1, 0.15) is 5.75 Å². The minimum atomic E-state index is 0.125. The van der Waals surface area contributed by atoms with Crippen LogP contribution in [-0.4, -0.2) is 32.4 Å². The third kappa shape index (κ3) is 2.76. The highest BCUT2D eigenvalue weighted by molar-refractivity contribution is 6.32. The molecule has 15 heavy (non-hydrogen) atoms. The van der Waals surface area contributed by atoms with Gasteiger partial charge in [-0.1, -0.05) is 11.6 Å². The van der Waals surface area contributed by atoms with E-state index in [1.54, 1.807) is 7.11 Å². The van der Waals surface area contributed by atoms with Crippen LogP contribution in [0.2, 0.25) is 5.02 Å². The molecule has 0 atom stereocenters. The Kier molecular flexibility index (Phi) is 4.24. The summed E-state index contributed by atoms with van der Waals surface area (Å²) < 4.78 is 5.12. The average Bonchev–Trinajstić information content (AvgIpc) is 2.21. The quantitative estimate of drug-likeness (QED) is 0.858. The van der Waals surface area contributed by atoms with Gasteiger partial charge in [-0.3, -0.25) is 0 Å². The normalized spacial score (nSPS) is 10.2. The van der Waals surface area contributed by atoms with E-state index in [0.29, 0.717) is 17.3 Å². The van der Waals surface area contributed by atoms with Gasteiger partial charge in [0.05, 0.1) is 18.7 Å². The van der Waals surface area contributed by atoms with Gasteiger partial charge in [-0.25, -0.2) is 0 Å². The second-order valence-corrected chi connectivity index (χ2v) is 3.83. The van der Waals surface area contributed by atoms with E-state index in [-0.39, 0.29) is 6.61 Å². The standard InChI is InChI=1S/C11H16ClNO2/c1-8-6-11(15-3)9(12)7-10(8)13(2)4-5-14/h6-7,14H,4-5H2,1-3H3. The third-order valence-electron chi connectivity index (χ3n) is 2.32. The van der Waals surface area contributed by atoms with Crippen LogP contribution in [-0.2, 0) is 0 Å². The van der Waals surface area contributed by atoms with Crippen LogP contribution in [0, 0.1) is 6.92 Å². The van der Waals surface area contributed by atoms with E-state index in [1.807, 2.05) is 31.0 Å². The molecule has 0 unspecified atom stereocenters. The number of ether oxygens (including phenoxy) is 1. The molecule has 84 valence electrons. The molecule has 3 nitrogen and oxygen atoms in total. The molecule has 0 heterocycles. The van der Waals surface area contributed by atoms with E-state index >= 15 is 0 Å². The Morgan fingerprint density at radius 1 is 1.47 bits per heavy atom. The summed E-state index contributed by atoms with van der Waals surface area (Å²) in [6, 6.07) is 3.75. The Labute approximate surface area is 95.2 Å². The fraction of sp³-hybridized carbons (Fsp3) is 0.455. The Balaban J connectivity index is 3.04. The van der Waals surface area contributed by atoms with E-state index in [9.17, 15) is 0 Å². The number of rotatable bonds is 4. The van der Waals surface area contributed by atoms with Crippen molar-refractivity contribution < 1.29 is 9.84 Å². The smallest absolute Gasteiger partial charge is 0.137 e. The van der Waals surface area contributed by atoms with Crippen molar-refractivity contribution in [1.82, 2.24) is 0 Å². The lowest BCUT2D eigenvalue weighted by molar-refractivity contribution is 0.304. The molecule has 0 aliphatic carbocycles. The lowest BCUT2D eigenvalue weighted by Crippen LogP contribution is -2.21. The molecular weight excluding hydrogens is 214 g/mol. The average molecular weight is 230 g/mol. The number of nitrogens with zero attached hydrogens (tertiary/aromatic N) is 1. The predicted molar refractivity (Wildman–Crippen MR) is 63.1 cm³/mol. The van der Waals surface area contributed by atoms with Crippen molar-refractivity contribution in [3.05, 3.63) is 22.7 Å². The molecule has 0 aromatic heterocycles. The molecule has 0 saturated carbocycles. The summed E-state index contributed by atoms with van der Waals surface area (Å²) in [6.45, 7) is 2.70. The van der Waals surface area contributed by atoms with Crippen LogP contribution in [0.4, 0.5) is 5.69 Å². The van der Waals surface area contributed by atoms with Crippen molar-refractivity contribution in [2.24, 2.45) is 0 Å². The Morgan fingerprint density at radius 3 is 2.67 bits per heavy atom. The summed E-state index contributed by atoms with van der Waals surface area (Å²) in [5.41, 5.74) is 2.09. The highest BCUT2D eigenvalue weighted by Gasteiger charge is 2.09. The fourth-order valence-electron chi connectivity index (χ4n) is 1.48. The molecular formula is C11H16ClNO2. The first kappa shape index (κ1) is 12.1. The number of benzene rings is 1. The van der Waals surface area contributed by atoms with E-state index in [4.69, 9.17) is 21.4 Å². The third-order valence-corrected chi connectivity index (χ3v) is 2.61. The summed E-state index contributed by atoms with van der Waals surface area (Å²) in [4.78, 5) is 1.96. The van der Waals surface area contributed by atoms with Gasteiger partial charge in [0.2, 0.25) is 0 Å². The number of anilines is 1. The fourth-order valence-corrected chi connectivity index (χ4v) is 1.72. The molecule has 1 aromatic carbocycles. The zero-order valence-corrected chi connectivity index (χ0v) is 10.0. The first-order valence-corrected chi connectivity index (χ1v) is 5.14. The maximum Gasteiger partial charge on any atom is 0.137 e. The van der Waals surface area contributed by atoms with E-state index < -0.39 is 0 Å². The van der Waals surface area contributed by atoms with Crippen LogP contribution in [0.15, 0.2) is 12.1 Å². The van der Waals surface area contributed by atoms with Crippen molar-refractivity contribution in [3.63, 3.8) is 0 Å². The highest BCUT2D eigenvalue weighted by Crippen LogP contribution is 2.31. The van der Waals surface area contributed by atoms with Crippen LogP contribution in [0.5, 0.6) is 5.75 Å². The van der Waals surface area contributed by atoms with Gasteiger partial charge in [0.15, 0.2) is 0 Å². The van der Waals surface area contributed by atoms with Crippen LogP contribution in [0.3, 0.4) is 0 Å². The van der Waals surface area contributed by atoms with E-state index in [0.717, 1.165) is 11.3 Å². The zero-order chi connectivity index (χ0) is 11.4. The number of likely N-dealkylation sites (N-methyl/N-ethyl adjacent to an activating group) is 1. The molecule has 0 saturated heterocycles. The minimum Gasteiger partial charge on any atom is -0.495 e. The van der Waals surface area contributed by atoms with Crippen molar-refractivity contribution in [3.8, 4) is 5.75 Å². The molecule has 1 aromatic rings. The van der Waals surface area contributed by atoms with Crippen LogP contribution in [0.25, 0.3) is 0 Å². The molecule has 0 fully saturated rings. The Bertz CT molecular complexity index is 342. The van der Waals surface area contributed by atoms with Crippen molar-refractivity contribution >= 4 is 17.3 Å². The molecule has 0 spiro atoms. The molecule has 1 N–H and O–H groups in total. The van der Waals surface area contributed by atoms with Gasteiger partial charge >= 0.3 is 0 Å². The van der Waals surface area contributed by atoms with Gasteiger partial charge in [-0.2, -0.15) is 0 Å². The van der Waals surface area contributed by atoms with Gasteiger partial charge in [-0.05, 0) is 24.6 Å². The number of hydrogen-bond acceptors (Lipinski definition) is 3. The number of methoxy groups -OCH3 is 1. The summed E-state index contributed by atoms with van der Waals surface area (Å²) in [6.07, 6.45) is 0. The van der Waals surface area contributed by atoms with E-state index in [1.165, 1.54) is 0 Å². The zero-order valence-electron chi connectivity index (χ0n) is 9.25. The van der Waals surface area contributed by atoms with Crippen molar-refractivity contribution in [2.45, 2.75) is 6.92 Å². The molecule has 0 radical (unpaired) electrons. The monoisotopic (exact) mass is 229 g/mol. The molecule has 0 bridgehead atoms. The molecule has 0 aliphatic heterocycles. The topological polar surface area (TPSA) is 32.7 Å². The number of aryl methyl sites for hydroxylation is 1. The molecule has 0 aliphatic rings. The highest BCUT2D eigenvalue weighted by atomic mass is 35.5. The van der Waals surface area contributed by atoms with Crippen molar-refractivity contribution in [1.29, 1.82) is 0 Å². The molecule has 4 heteroatoms. The second-order valence-electron chi connectivity index (χ2n) is 3.42. The molecule has 0 amide bonds. The lowest BCUT2D eigenvalue weighted by atomic mass is 10.1. The number of aliphatic hydroxyl groups is 1. The number of hydrogen-bond donors (Lipinski definition) is 1. The van der Waals surface area contributed by atoms with Gasteiger partial charge in [0, 0.05) is 19.3 Å². The summed E-state index contributed by atoms with van der Waals surface area (Å²) in [5, 5.41) is 9.45. The van der Waals surface area contributed by atoms with Crippen LogP contribution < -0.4 is 9.64 Å². The second kappa shape index (κ2) is 5.24. The van der Waals surface area contributed by atoms with Gasteiger partial charge < -0.3 is 14.7 Å². The van der Waals surface area contributed by atoms with Crippen molar-refractivity contribution in [2.75, 3.05) is 32.2 Å². The van der Waals surface area contributed by atoms with Gasteiger partial charge in [-0.15, -0.1) is 0 Å². The largest absolute Gasteiger partial charge is 0.495 e.